The molecule has 0 spiro atoms. The molecule has 1 aromatic heterocycles. The zero-order chi connectivity index (χ0) is 15.4. The predicted octanol–water partition coefficient (Wildman–Crippen LogP) is 2.48. The molecule has 1 aliphatic rings. The summed E-state index contributed by atoms with van der Waals surface area (Å²) in [5.74, 6) is 0.839. The summed E-state index contributed by atoms with van der Waals surface area (Å²) in [5, 5.41) is 20.9. The topological polar surface area (TPSA) is 70.2 Å². The van der Waals surface area contributed by atoms with Gasteiger partial charge in [0.05, 0.1) is 24.6 Å². The third kappa shape index (κ3) is 3.31. The van der Waals surface area contributed by atoms with Crippen molar-refractivity contribution in [2.75, 3.05) is 13.7 Å². The maximum Gasteiger partial charge on any atom is 0.118 e. The molecular formula is C17H23N3O2. The molecule has 1 fully saturated rings. The fourth-order valence-corrected chi connectivity index (χ4v) is 3.09. The van der Waals surface area contributed by atoms with E-state index in [9.17, 15) is 5.11 Å². The first-order valence-electron chi connectivity index (χ1n) is 7.80. The summed E-state index contributed by atoms with van der Waals surface area (Å²) < 4.78 is 5.18. The number of hydrogen-bond donors (Lipinski definition) is 3. The van der Waals surface area contributed by atoms with Crippen molar-refractivity contribution in [3.8, 4) is 17.0 Å². The van der Waals surface area contributed by atoms with E-state index in [-0.39, 0.29) is 0 Å². The third-order valence-corrected chi connectivity index (χ3v) is 4.40. The second kappa shape index (κ2) is 6.50. The summed E-state index contributed by atoms with van der Waals surface area (Å²) in [6.45, 7) is 1.33. The summed E-state index contributed by atoms with van der Waals surface area (Å²) in [5.41, 5.74) is 2.67. The number of H-pyrrole nitrogens is 1. The Labute approximate surface area is 130 Å². The molecule has 5 heteroatoms. The third-order valence-electron chi connectivity index (χ3n) is 4.40. The summed E-state index contributed by atoms with van der Waals surface area (Å²) in [6, 6.07) is 7.91. The molecule has 3 N–H and O–H groups in total. The Kier molecular flexibility index (Phi) is 4.45. The van der Waals surface area contributed by atoms with Crippen LogP contribution in [0.2, 0.25) is 0 Å². The Morgan fingerprint density at radius 1 is 1.27 bits per heavy atom. The number of nitrogens with one attached hydrogen (secondary N) is 2. The van der Waals surface area contributed by atoms with Crippen LogP contribution in [0, 0.1) is 0 Å². The van der Waals surface area contributed by atoms with Gasteiger partial charge in [0, 0.05) is 24.2 Å². The van der Waals surface area contributed by atoms with E-state index in [1.165, 1.54) is 0 Å². The maximum atomic E-state index is 10.4. The van der Waals surface area contributed by atoms with Gasteiger partial charge in [-0.15, -0.1) is 0 Å². The van der Waals surface area contributed by atoms with Crippen LogP contribution in [0.5, 0.6) is 5.75 Å². The first-order chi connectivity index (χ1) is 10.7. The van der Waals surface area contributed by atoms with Crippen molar-refractivity contribution in [2.45, 2.75) is 37.8 Å². The monoisotopic (exact) mass is 301 g/mol. The molecule has 0 atom stereocenters. The van der Waals surface area contributed by atoms with Crippen LogP contribution in [0.25, 0.3) is 11.3 Å². The molecule has 0 aliphatic heterocycles. The Morgan fingerprint density at radius 2 is 2.00 bits per heavy atom. The number of rotatable bonds is 6. The minimum Gasteiger partial charge on any atom is -0.497 e. The summed E-state index contributed by atoms with van der Waals surface area (Å²) in [6.07, 6.45) is 5.89. The van der Waals surface area contributed by atoms with E-state index < -0.39 is 5.60 Å². The molecule has 22 heavy (non-hydrogen) atoms. The van der Waals surface area contributed by atoms with Gasteiger partial charge in [0.25, 0.3) is 0 Å². The van der Waals surface area contributed by atoms with Gasteiger partial charge in [-0.2, -0.15) is 5.10 Å². The molecule has 0 unspecified atom stereocenters. The highest BCUT2D eigenvalue weighted by atomic mass is 16.5. The Hall–Kier alpha value is -1.85. The smallest absolute Gasteiger partial charge is 0.118 e. The molecule has 1 aliphatic carbocycles. The molecule has 5 nitrogen and oxygen atoms in total. The molecule has 3 rings (SSSR count). The lowest BCUT2D eigenvalue weighted by molar-refractivity contribution is 0.0475. The second-order valence-corrected chi connectivity index (χ2v) is 6.03. The van der Waals surface area contributed by atoms with Crippen molar-refractivity contribution < 1.29 is 9.84 Å². The maximum absolute atomic E-state index is 10.4. The average Bonchev–Trinajstić information content (AvgIpc) is 3.17. The van der Waals surface area contributed by atoms with Gasteiger partial charge in [-0.3, -0.25) is 5.10 Å². The Balaban J connectivity index is 1.64. The van der Waals surface area contributed by atoms with Crippen molar-refractivity contribution in [3.63, 3.8) is 0 Å². The molecular weight excluding hydrogens is 278 g/mol. The number of ether oxygens (including phenoxy) is 1. The average molecular weight is 301 g/mol. The van der Waals surface area contributed by atoms with Crippen LogP contribution < -0.4 is 10.1 Å². The van der Waals surface area contributed by atoms with Crippen LogP contribution in [0.4, 0.5) is 0 Å². The summed E-state index contributed by atoms with van der Waals surface area (Å²) in [7, 11) is 1.66. The van der Waals surface area contributed by atoms with Crippen LogP contribution in [0.1, 0.15) is 31.2 Å². The number of hydrogen-bond acceptors (Lipinski definition) is 4. The lowest BCUT2D eigenvalue weighted by Gasteiger charge is -2.22. The van der Waals surface area contributed by atoms with Crippen molar-refractivity contribution in [2.24, 2.45) is 0 Å². The predicted molar refractivity (Wildman–Crippen MR) is 85.7 cm³/mol. The molecule has 1 heterocycles. The van der Waals surface area contributed by atoms with Gasteiger partial charge in [-0.25, -0.2) is 0 Å². The first-order valence-corrected chi connectivity index (χ1v) is 7.80. The molecule has 0 amide bonds. The minimum atomic E-state index is -0.524. The van der Waals surface area contributed by atoms with E-state index in [1.54, 1.807) is 7.11 Å². The highest BCUT2D eigenvalue weighted by Crippen LogP contribution is 2.29. The SMILES string of the molecule is COc1ccc(-c2[nH]ncc2CNCC2(O)CCCC2)cc1. The van der Waals surface area contributed by atoms with Crippen LogP contribution in [0.15, 0.2) is 30.5 Å². The molecule has 0 radical (unpaired) electrons. The Morgan fingerprint density at radius 3 is 2.68 bits per heavy atom. The van der Waals surface area contributed by atoms with E-state index >= 15 is 0 Å². The van der Waals surface area contributed by atoms with E-state index in [1.807, 2.05) is 30.5 Å². The van der Waals surface area contributed by atoms with Gasteiger partial charge >= 0.3 is 0 Å². The van der Waals surface area contributed by atoms with Gasteiger partial charge in [-0.05, 0) is 37.1 Å². The summed E-state index contributed by atoms with van der Waals surface area (Å²) >= 11 is 0. The highest BCUT2D eigenvalue weighted by Gasteiger charge is 2.30. The zero-order valence-corrected chi connectivity index (χ0v) is 12.9. The lowest BCUT2D eigenvalue weighted by Crippen LogP contribution is -2.37. The molecule has 1 saturated carbocycles. The van der Waals surface area contributed by atoms with Gasteiger partial charge in [0.15, 0.2) is 0 Å². The van der Waals surface area contributed by atoms with Crippen molar-refractivity contribution in [3.05, 3.63) is 36.0 Å². The van der Waals surface area contributed by atoms with Crippen molar-refractivity contribution in [1.82, 2.24) is 15.5 Å². The second-order valence-electron chi connectivity index (χ2n) is 6.03. The highest BCUT2D eigenvalue weighted by molar-refractivity contribution is 5.63. The number of methoxy groups -OCH3 is 1. The van der Waals surface area contributed by atoms with Gasteiger partial charge < -0.3 is 15.2 Å². The lowest BCUT2D eigenvalue weighted by atomic mass is 10.0. The van der Waals surface area contributed by atoms with Crippen LogP contribution >= 0.6 is 0 Å². The molecule has 118 valence electrons. The van der Waals surface area contributed by atoms with E-state index in [2.05, 4.69) is 15.5 Å². The molecule has 1 aromatic carbocycles. The number of aromatic nitrogens is 2. The zero-order valence-electron chi connectivity index (χ0n) is 12.9. The van der Waals surface area contributed by atoms with Crippen molar-refractivity contribution >= 4 is 0 Å². The quantitative estimate of drug-likeness (QED) is 0.766. The van der Waals surface area contributed by atoms with E-state index in [0.29, 0.717) is 13.1 Å². The van der Waals surface area contributed by atoms with Gasteiger partial charge in [0.2, 0.25) is 0 Å². The first kappa shape index (κ1) is 15.1. The number of aliphatic hydroxyl groups is 1. The number of benzene rings is 1. The normalized spacial score (nSPS) is 16.8. The Bertz CT molecular complexity index is 601. The summed E-state index contributed by atoms with van der Waals surface area (Å²) in [4.78, 5) is 0. The van der Waals surface area contributed by atoms with Gasteiger partial charge in [0.1, 0.15) is 5.75 Å². The minimum absolute atomic E-state index is 0.524. The van der Waals surface area contributed by atoms with E-state index in [0.717, 1.165) is 48.3 Å². The molecule has 2 aromatic rings. The largest absolute Gasteiger partial charge is 0.497 e. The van der Waals surface area contributed by atoms with Crippen LogP contribution in [-0.4, -0.2) is 34.6 Å². The van der Waals surface area contributed by atoms with Gasteiger partial charge in [-0.1, -0.05) is 12.8 Å². The fourth-order valence-electron chi connectivity index (χ4n) is 3.09. The number of aromatic amines is 1. The molecule has 0 saturated heterocycles. The van der Waals surface area contributed by atoms with Crippen molar-refractivity contribution in [1.29, 1.82) is 0 Å². The van der Waals surface area contributed by atoms with Crippen LogP contribution in [0.3, 0.4) is 0 Å². The standard InChI is InChI=1S/C17H23N3O2/c1-22-15-6-4-13(5-7-15)16-14(11-19-20-16)10-18-12-17(21)8-2-3-9-17/h4-7,11,18,21H,2-3,8-10,12H2,1H3,(H,19,20). The fraction of sp³-hybridized carbons (Fsp3) is 0.471. The number of nitrogens with zero attached hydrogens (tertiary/aromatic N) is 1. The van der Waals surface area contributed by atoms with E-state index in [4.69, 9.17) is 4.74 Å². The van der Waals surface area contributed by atoms with Crippen LogP contribution in [-0.2, 0) is 6.54 Å². The molecule has 0 bridgehead atoms.